The molecule has 0 bridgehead atoms. The molecule has 164 valence electrons. The van der Waals surface area contributed by atoms with Crippen LogP contribution in [0.5, 0.6) is 5.75 Å². The molecule has 0 amide bonds. The van der Waals surface area contributed by atoms with Gasteiger partial charge in [-0.1, -0.05) is 62.4 Å². The van der Waals surface area contributed by atoms with E-state index in [1.807, 2.05) is 49.4 Å². The molecular weight excluding hydrogens is 390 g/mol. The molecular formula is C28H32F2O. The molecule has 31 heavy (non-hydrogen) atoms. The summed E-state index contributed by atoms with van der Waals surface area (Å²) in [5.41, 5.74) is 3.05. The number of benzene rings is 3. The van der Waals surface area contributed by atoms with Crippen LogP contribution < -0.4 is 4.74 Å². The van der Waals surface area contributed by atoms with Crippen LogP contribution in [-0.2, 0) is 0 Å². The van der Waals surface area contributed by atoms with Gasteiger partial charge < -0.3 is 4.74 Å². The molecule has 0 unspecified atom stereocenters. The predicted octanol–water partition coefficient (Wildman–Crippen LogP) is 8.73. The monoisotopic (exact) mass is 422 g/mol. The maximum atomic E-state index is 13.8. The summed E-state index contributed by atoms with van der Waals surface area (Å²) >= 11 is 0. The van der Waals surface area contributed by atoms with Gasteiger partial charge in [-0.05, 0) is 84.5 Å². The second-order valence-corrected chi connectivity index (χ2v) is 9.19. The van der Waals surface area contributed by atoms with Crippen LogP contribution in [0, 0.1) is 19.3 Å². The number of hydrogen-bond donors (Lipinski definition) is 0. The van der Waals surface area contributed by atoms with Crippen molar-refractivity contribution in [2.45, 2.75) is 53.4 Å². The van der Waals surface area contributed by atoms with Gasteiger partial charge in [0.05, 0.1) is 6.61 Å². The van der Waals surface area contributed by atoms with Crippen LogP contribution in [0.2, 0.25) is 0 Å². The summed E-state index contributed by atoms with van der Waals surface area (Å²) in [6.07, 6.45) is 1.32. The highest BCUT2D eigenvalue weighted by Gasteiger charge is 2.20. The zero-order valence-electron chi connectivity index (χ0n) is 19.0. The quantitative estimate of drug-likeness (QED) is 0.313. The van der Waals surface area contributed by atoms with Gasteiger partial charge in [0.15, 0.2) is 0 Å². The summed E-state index contributed by atoms with van der Waals surface area (Å²) in [7, 11) is 0. The number of halogens is 2. The molecule has 3 aromatic rings. The maximum absolute atomic E-state index is 13.8. The van der Waals surface area contributed by atoms with Crippen molar-refractivity contribution in [2.75, 3.05) is 6.61 Å². The fourth-order valence-electron chi connectivity index (χ4n) is 3.91. The molecule has 0 aliphatic heterocycles. The van der Waals surface area contributed by atoms with Crippen LogP contribution in [-0.4, -0.2) is 6.61 Å². The fraction of sp³-hybridized carbons (Fsp3) is 0.357. The van der Waals surface area contributed by atoms with E-state index in [1.54, 1.807) is 0 Å². The van der Waals surface area contributed by atoms with Crippen LogP contribution in [0.4, 0.5) is 8.78 Å². The van der Waals surface area contributed by atoms with Gasteiger partial charge >= 0.3 is 0 Å². The van der Waals surface area contributed by atoms with E-state index in [0.717, 1.165) is 34.9 Å². The van der Waals surface area contributed by atoms with Gasteiger partial charge in [0.1, 0.15) is 5.75 Å². The van der Waals surface area contributed by atoms with E-state index in [0.29, 0.717) is 25.0 Å². The fourth-order valence-corrected chi connectivity index (χ4v) is 3.91. The molecule has 0 fully saturated rings. The van der Waals surface area contributed by atoms with Gasteiger partial charge in [-0.3, -0.25) is 0 Å². The van der Waals surface area contributed by atoms with Crippen LogP contribution in [0.1, 0.15) is 56.2 Å². The summed E-state index contributed by atoms with van der Waals surface area (Å²) in [5.74, 6) is 0.929. The Morgan fingerprint density at radius 3 is 2.35 bits per heavy atom. The normalized spacial score (nSPS) is 11.5. The first-order valence-electron chi connectivity index (χ1n) is 11.0. The second kappa shape index (κ2) is 10.1. The first-order valence-corrected chi connectivity index (χ1v) is 11.0. The van der Waals surface area contributed by atoms with Crippen LogP contribution in [0.3, 0.4) is 0 Å². The van der Waals surface area contributed by atoms with E-state index in [9.17, 15) is 8.78 Å². The van der Waals surface area contributed by atoms with Gasteiger partial charge in [0, 0.05) is 5.57 Å². The second-order valence-electron chi connectivity index (χ2n) is 9.19. The molecule has 3 heteroatoms. The van der Waals surface area contributed by atoms with Gasteiger partial charge in [-0.25, -0.2) is 0 Å². The van der Waals surface area contributed by atoms with E-state index in [1.165, 1.54) is 5.56 Å². The van der Waals surface area contributed by atoms with Crippen molar-refractivity contribution in [2.24, 2.45) is 5.41 Å². The average Bonchev–Trinajstić information content (AvgIpc) is 2.73. The number of fused-ring (bicyclic) bond motifs is 1. The minimum atomic E-state index is -1.58. The lowest BCUT2D eigenvalue weighted by Crippen LogP contribution is -2.13. The Bertz CT molecular complexity index is 1060. The van der Waals surface area contributed by atoms with Gasteiger partial charge in [0.25, 0.3) is 6.08 Å². The molecule has 3 aromatic carbocycles. The summed E-state index contributed by atoms with van der Waals surface area (Å²) < 4.78 is 33.5. The lowest BCUT2D eigenvalue weighted by atomic mass is 9.81. The first-order chi connectivity index (χ1) is 14.7. The molecule has 0 spiro atoms. The zero-order valence-corrected chi connectivity index (χ0v) is 19.0. The number of allylic oxidation sites excluding steroid dienone is 1. The molecule has 0 radical (unpaired) electrons. The molecule has 0 heterocycles. The molecule has 1 nitrogen and oxygen atoms in total. The molecule has 3 rings (SSSR count). The highest BCUT2D eigenvalue weighted by Crippen LogP contribution is 2.35. The lowest BCUT2D eigenvalue weighted by Gasteiger charge is -2.25. The largest absolute Gasteiger partial charge is 0.493 e. The van der Waals surface area contributed by atoms with Crippen molar-refractivity contribution < 1.29 is 13.5 Å². The number of aryl methyl sites for hydroxylation is 2. The minimum Gasteiger partial charge on any atom is -0.493 e. The first kappa shape index (κ1) is 23.0. The molecule has 0 atom stereocenters. The Labute approximate surface area is 184 Å². The Kier molecular flexibility index (Phi) is 7.48. The predicted molar refractivity (Wildman–Crippen MR) is 127 cm³/mol. The molecule has 0 aliphatic rings. The SMILES string of the molecule is Cc1ccc(C)c(OCCCC(C)(C)CCC(=C(F)F)c2ccc3ccccc3c2)c1. The van der Waals surface area contributed by atoms with Crippen molar-refractivity contribution in [1.82, 2.24) is 0 Å². The van der Waals surface area contributed by atoms with Crippen LogP contribution in [0.25, 0.3) is 16.3 Å². The van der Waals surface area contributed by atoms with Crippen LogP contribution in [0.15, 0.2) is 66.7 Å². The van der Waals surface area contributed by atoms with E-state index >= 15 is 0 Å². The zero-order chi connectivity index (χ0) is 22.4. The van der Waals surface area contributed by atoms with Crippen LogP contribution >= 0.6 is 0 Å². The Balaban J connectivity index is 1.56. The Morgan fingerprint density at radius 1 is 0.871 bits per heavy atom. The molecule has 0 saturated heterocycles. The van der Waals surface area contributed by atoms with Gasteiger partial charge in [0.2, 0.25) is 0 Å². The van der Waals surface area contributed by atoms with Crippen molar-refractivity contribution in [3.8, 4) is 5.75 Å². The van der Waals surface area contributed by atoms with E-state index in [4.69, 9.17) is 4.74 Å². The molecule has 0 aromatic heterocycles. The lowest BCUT2D eigenvalue weighted by molar-refractivity contribution is 0.246. The smallest absolute Gasteiger partial charge is 0.274 e. The highest BCUT2D eigenvalue weighted by molar-refractivity contribution is 5.86. The minimum absolute atomic E-state index is 0.0391. The number of hydrogen-bond acceptors (Lipinski definition) is 1. The Hall–Kier alpha value is -2.68. The third-order valence-corrected chi connectivity index (χ3v) is 5.98. The third kappa shape index (κ3) is 6.40. The molecule has 0 saturated carbocycles. The summed E-state index contributed by atoms with van der Waals surface area (Å²) in [6, 6.07) is 19.7. The third-order valence-electron chi connectivity index (χ3n) is 5.98. The van der Waals surface area contributed by atoms with E-state index < -0.39 is 6.08 Å². The molecule has 0 N–H and O–H groups in total. The van der Waals surface area contributed by atoms with Crippen molar-refractivity contribution in [3.63, 3.8) is 0 Å². The van der Waals surface area contributed by atoms with E-state index in [-0.39, 0.29) is 11.0 Å². The number of rotatable bonds is 9. The average molecular weight is 423 g/mol. The summed E-state index contributed by atoms with van der Waals surface area (Å²) in [5, 5.41) is 2.05. The highest BCUT2D eigenvalue weighted by atomic mass is 19.3. The summed E-state index contributed by atoms with van der Waals surface area (Å²) in [4.78, 5) is 0. The Morgan fingerprint density at radius 2 is 1.61 bits per heavy atom. The maximum Gasteiger partial charge on any atom is 0.274 e. The molecule has 0 aliphatic carbocycles. The van der Waals surface area contributed by atoms with Crippen molar-refractivity contribution in [1.29, 1.82) is 0 Å². The standard InChI is InChI=1S/C28H32F2O/c1-20-10-11-21(2)26(18-20)31-17-7-15-28(3,4)16-14-25(27(29)30)24-13-12-22-8-5-6-9-23(22)19-24/h5-6,8-13,18-19H,7,14-17H2,1-4H3. The van der Waals surface area contributed by atoms with Gasteiger partial charge in [-0.2, -0.15) is 8.78 Å². The topological polar surface area (TPSA) is 9.23 Å². The number of ether oxygens (including phenoxy) is 1. The van der Waals surface area contributed by atoms with Crippen molar-refractivity contribution in [3.05, 3.63) is 83.4 Å². The van der Waals surface area contributed by atoms with E-state index in [2.05, 4.69) is 39.0 Å². The summed E-state index contributed by atoms with van der Waals surface area (Å²) in [6.45, 7) is 9.04. The van der Waals surface area contributed by atoms with Gasteiger partial charge in [-0.15, -0.1) is 0 Å². The van der Waals surface area contributed by atoms with Crippen molar-refractivity contribution >= 4 is 16.3 Å².